The lowest BCUT2D eigenvalue weighted by molar-refractivity contribution is 0.550. The summed E-state index contributed by atoms with van der Waals surface area (Å²) in [4.78, 5) is 4.89. The topological polar surface area (TPSA) is 6.02 Å². The highest BCUT2D eigenvalue weighted by Crippen LogP contribution is 2.15. The van der Waals surface area contributed by atoms with Crippen molar-refractivity contribution in [3.8, 4) is 0 Å². The summed E-state index contributed by atoms with van der Waals surface area (Å²) in [6.45, 7) is 7.43. The van der Waals surface area contributed by atoms with Crippen LogP contribution in [0.4, 0.5) is 0 Å². The van der Waals surface area contributed by atoms with Gasteiger partial charge in [-0.2, -0.15) is 0 Å². The summed E-state index contributed by atoms with van der Waals surface area (Å²) in [6, 6.07) is 9.10. The van der Waals surface area contributed by atoms with Crippen molar-refractivity contribution in [2.45, 2.75) is 13.1 Å². The molecule has 0 atom stereocenters. The van der Waals surface area contributed by atoms with Crippen molar-refractivity contribution in [1.82, 2.24) is 9.80 Å². The Morgan fingerprint density at radius 1 is 0.714 bits per heavy atom. The van der Waals surface area contributed by atoms with Crippen LogP contribution in [0.1, 0.15) is 11.1 Å². The minimum atomic E-state index is 1.14. The number of nitrogens with zero attached hydrogens (tertiary/aromatic N) is 2. The predicted molar refractivity (Wildman–Crippen MR) is 57.0 cm³/mol. The molecule has 0 aromatic heterocycles. The van der Waals surface area contributed by atoms with Crippen molar-refractivity contribution >= 4 is 0 Å². The fourth-order valence-corrected chi connectivity index (χ4v) is 1.72. The molecule has 0 N–H and O–H groups in total. The zero-order chi connectivity index (χ0) is 9.38. The molecule has 0 bridgehead atoms. The Balaban J connectivity index is 1.62. The molecule has 1 aromatic rings. The lowest BCUT2D eigenvalue weighted by Gasteiger charge is -2.04. The fourth-order valence-electron chi connectivity index (χ4n) is 1.72. The molecule has 14 heavy (non-hydrogen) atoms. The Labute approximate surface area is 85.1 Å². The first-order valence-electron chi connectivity index (χ1n) is 5.43. The second kappa shape index (κ2) is 3.37. The van der Waals surface area contributed by atoms with Gasteiger partial charge in [-0.05, 0) is 11.1 Å². The normalized spacial score (nSPS) is 21.1. The van der Waals surface area contributed by atoms with Crippen LogP contribution in [0.15, 0.2) is 24.3 Å². The summed E-state index contributed by atoms with van der Waals surface area (Å²) in [5, 5.41) is 0. The zero-order valence-corrected chi connectivity index (χ0v) is 8.45. The van der Waals surface area contributed by atoms with Crippen LogP contribution >= 0.6 is 0 Å². The van der Waals surface area contributed by atoms with Crippen LogP contribution in [-0.2, 0) is 13.1 Å². The Kier molecular flexibility index (Phi) is 2.03. The van der Waals surface area contributed by atoms with E-state index in [-0.39, 0.29) is 0 Å². The first-order valence-corrected chi connectivity index (χ1v) is 5.43. The van der Waals surface area contributed by atoms with E-state index in [1.54, 1.807) is 0 Å². The molecule has 2 saturated heterocycles. The monoisotopic (exact) mass is 188 g/mol. The number of benzene rings is 1. The standard InChI is InChI=1S/C12H16N2/c1-2-12(10-14-7-8-14)4-3-11(1)9-13-5-6-13/h1-4H,5-10H2. The minimum Gasteiger partial charge on any atom is -0.297 e. The Bertz CT molecular complexity index is 277. The van der Waals surface area contributed by atoms with Crippen molar-refractivity contribution in [3.05, 3.63) is 35.4 Å². The second-order valence-electron chi connectivity index (χ2n) is 4.37. The predicted octanol–water partition coefficient (Wildman–Crippen LogP) is 1.32. The SMILES string of the molecule is c1cc(CN2CC2)ccc1CN1CC1. The largest absolute Gasteiger partial charge is 0.297 e. The van der Waals surface area contributed by atoms with E-state index in [0.717, 1.165) is 13.1 Å². The smallest absolute Gasteiger partial charge is 0.0234 e. The summed E-state index contributed by atoms with van der Waals surface area (Å²) in [7, 11) is 0. The lowest BCUT2D eigenvalue weighted by atomic mass is 10.1. The molecule has 0 radical (unpaired) electrons. The van der Waals surface area contributed by atoms with Gasteiger partial charge in [0.1, 0.15) is 0 Å². The molecule has 2 aliphatic heterocycles. The molecule has 0 unspecified atom stereocenters. The van der Waals surface area contributed by atoms with Crippen molar-refractivity contribution in [3.63, 3.8) is 0 Å². The van der Waals surface area contributed by atoms with E-state index in [1.807, 2.05) is 0 Å². The third-order valence-electron chi connectivity index (χ3n) is 2.92. The molecule has 2 fully saturated rings. The third kappa shape index (κ3) is 2.14. The number of hydrogen-bond donors (Lipinski definition) is 0. The maximum absolute atomic E-state index is 2.44. The van der Waals surface area contributed by atoms with E-state index in [1.165, 1.54) is 37.3 Å². The van der Waals surface area contributed by atoms with E-state index < -0.39 is 0 Å². The van der Waals surface area contributed by atoms with Crippen LogP contribution in [0.5, 0.6) is 0 Å². The average Bonchev–Trinajstić information content (AvgIpc) is 3.02. The van der Waals surface area contributed by atoms with Gasteiger partial charge in [-0.25, -0.2) is 0 Å². The number of hydrogen-bond acceptors (Lipinski definition) is 2. The number of rotatable bonds is 4. The third-order valence-corrected chi connectivity index (χ3v) is 2.92. The van der Waals surface area contributed by atoms with E-state index in [0.29, 0.717) is 0 Å². The van der Waals surface area contributed by atoms with Crippen LogP contribution < -0.4 is 0 Å². The molecular formula is C12H16N2. The van der Waals surface area contributed by atoms with Gasteiger partial charge >= 0.3 is 0 Å². The fraction of sp³-hybridized carbons (Fsp3) is 0.500. The zero-order valence-electron chi connectivity index (χ0n) is 8.45. The molecule has 2 heterocycles. The molecule has 0 amide bonds. The van der Waals surface area contributed by atoms with Gasteiger partial charge < -0.3 is 0 Å². The van der Waals surface area contributed by atoms with Gasteiger partial charge in [0.25, 0.3) is 0 Å². The molecule has 1 aromatic carbocycles. The minimum absolute atomic E-state index is 1.14. The van der Waals surface area contributed by atoms with E-state index in [2.05, 4.69) is 34.1 Å². The van der Waals surface area contributed by atoms with Gasteiger partial charge in [0.2, 0.25) is 0 Å². The average molecular weight is 188 g/mol. The molecule has 2 aliphatic rings. The molecule has 2 nitrogen and oxygen atoms in total. The summed E-state index contributed by atoms with van der Waals surface area (Å²) < 4.78 is 0. The van der Waals surface area contributed by atoms with E-state index >= 15 is 0 Å². The Hall–Kier alpha value is -0.860. The van der Waals surface area contributed by atoms with Crippen molar-refractivity contribution in [2.75, 3.05) is 26.2 Å². The van der Waals surface area contributed by atoms with Crippen molar-refractivity contribution in [1.29, 1.82) is 0 Å². The Morgan fingerprint density at radius 2 is 1.07 bits per heavy atom. The summed E-state index contributed by atoms with van der Waals surface area (Å²) >= 11 is 0. The van der Waals surface area contributed by atoms with Gasteiger partial charge in [-0.1, -0.05) is 24.3 Å². The highest BCUT2D eigenvalue weighted by molar-refractivity contribution is 5.23. The van der Waals surface area contributed by atoms with Crippen LogP contribution in [0.25, 0.3) is 0 Å². The summed E-state index contributed by atoms with van der Waals surface area (Å²) in [5.41, 5.74) is 2.91. The molecule has 0 spiro atoms. The molecule has 2 heteroatoms. The lowest BCUT2D eigenvalue weighted by Crippen LogP contribution is -1.99. The molecule has 3 rings (SSSR count). The van der Waals surface area contributed by atoms with Crippen LogP contribution in [-0.4, -0.2) is 36.0 Å². The molecule has 0 saturated carbocycles. The van der Waals surface area contributed by atoms with Gasteiger partial charge in [0.15, 0.2) is 0 Å². The maximum Gasteiger partial charge on any atom is 0.0234 e. The van der Waals surface area contributed by atoms with Crippen molar-refractivity contribution in [2.24, 2.45) is 0 Å². The maximum atomic E-state index is 2.44. The van der Waals surface area contributed by atoms with Crippen molar-refractivity contribution < 1.29 is 0 Å². The first kappa shape index (κ1) is 8.45. The van der Waals surface area contributed by atoms with Gasteiger partial charge in [-0.3, -0.25) is 9.80 Å². The van der Waals surface area contributed by atoms with Gasteiger partial charge in [0.05, 0.1) is 0 Å². The molecule has 74 valence electrons. The van der Waals surface area contributed by atoms with Gasteiger partial charge in [0, 0.05) is 39.3 Å². The molecular weight excluding hydrogens is 172 g/mol. The molecule has 0 aliphatic carbocycles. The summed E-state index contributed by atoms with van der Waals surface area (Å²) in [5.74, 6) is 0. The second-order valence-corrected chi connectivity index (χ2v) is 4.37. The van der Waals surface area contributed by atoms with E-state index in [9.17, 15) is 0 Å². The Morgan fingerprint density at radius 3 is 1.36 bits per heavy atom. The highest BCUT2D eigenvalue weighted by Gasteiger charge is 2.18. The van der Waals surface area contributed by atoms with Crippen LogP contribution in [0.3, 0.4) is 0 Å². The highest BCUT2D eigenvalue weighted by atomic mass is 15.3. The van der Waals surface area contributed by atoms with E-state index in [4.69, 9.17) is 0 Å². The van der Waals surface area contributed by atoms with Crippen LogP contribution in [0, 0.1) is 0 Å². The summed E-state index contributed by atoms with van der Waals surface area (Å²) in [6.07, 6.45) is 0. The van der Waals surface area contributed by atoms with Crippen LogP contribution in [0.2, 0.25) is 0 Å². The first-order chi connectivity index (χ1) is 6.90. The quantitative estimate of drug-likeness (QED) is 0.657. The van der Waals surface area contributed by atoms with Gasteiger partial charge in [-0.15, -0.1) is 0 Å².